The fourth-order valence-corrected chi connectivity index (χ4v) is 1.08. The molecule has 1 heterocycles. The smallest absolute Gasteiger partial charge is 0.188 e. The zero-order valence-electron chi connectivity index (χ0n) is 10.4. The molecule has 16 heavy (non-hydrogen) atoms. The molecule has 90 valence electrons. The molecule has 0 spiro atoms. The highest BCUT2D eigenvalue weighted by molar-refractivity contribution is 5.19. The predicted octanol–water partition coefficient (Wildman–Crippen LogP) is 1.95. The second kappa shape index (κ2) is 5.82. The molecule has 0 aliphatic rings. The number of methoxy groups -OCH3 is 1. The van der Waals surface area contributed by atoms with E-state index >= 15 is 0 Å². The van der Waals surface area contributed by atoms with Crippen LogP contribution in [0.1, 0.15) is 26.5 Å². The molecule has 0 aromatic carbocycles. The van der Waals surface area contributed by atoms with Crippen molar-refractivity contribution in [1.29, 1.82) is 0 Å². The third-order valence-electron chi connectivity index (χ3n) is 1.94. The number of pyridine rings is 1. The number of hydrogen-bond donors (Lipinski definition) is 1. The molecule has 1 aromatic rings. The van der Waals surface area contributed by atoms with Gasteiger partial charge in [-0.15, -0.1) is 0 Å². The first-order valence-electron chi connectivity index (χ1n) is 5.33. The maximum atomic E-state index is 5.25. The molecule has 0 bridgehead atoms. The Bertz CT molecular complexity index is 304. The molecular weight excluding hydrogens is 204 g/mol. The zero-order chi connectivity index (χ0) is 12.0. The van der Waals surface area contributed by atoms with Gasteiger partial charge in [0.2, 0.25) is 0 Å². The minimum Gasteiger partial charge on any atom is -0.466 e. The van der Waals surface area contributed by atoms with E-state index in [4.69, 9.17) is 9.47 Å². The fourth-order valence-electron chi connectivity index (χ4n) is 1.08. The van der Waals surface area contributed by atoms with E-state index in [2.05, 4.69) is 31.1 Å². The van der Waals surface area contributed by atoms with Crippen LogP contribution in [-0.2, 0) is 11.3 Å². The number of hydrogen-bond acceptors (Lipinski definition) is 4. The SMILES string of the molecule is COCOc1ccc(CNC(C)(C)C)nc1. The molecule has 0 aliphatic carbocycles. The van der Waals surface area contributed by atoms with Crippen molar-refractivity contribution in [3.8, 4) is 5.75 Å². The summed E-state index contributed by atoms with van der Waals surface area (Å²) in [6, 6.07) is 3.84. The standard InChI is InChI=1S/C12H20N2O2/c1-12(2,3)14-7-10-5-6-11(8-13-10)16-9-15-4/h5-6,8,14H,7,9H2,1-4H3. The minimum absolute atomic E-state index is 0.104. The summed E-state index contributed by atoms with van der Waals surface area (Å²) in [4.78, 5) is 4.29. The topological polar surface area (TPSA) is 43.4 Å². The van der Waals surface area contributed by atoms with Gasteiger partial charge in [-0.3, -0.25) is 4.98 Å². The average molecular weight is 224 g/mol. The lowest BCUT2D eigenvalue weighted by Gasteiger charge is -2.20. The second-order valence-electron chi connectivity index (χ2n) is 4.64. The molecule has 0 amide bonds. The van der Waals surface area contributed by atoms with Crippen LogP contribution >= 0.6 is 0 Å². The zero-order valence-corrected chi connectivity index (χ0v) is 10.4. The van der Waals surface area contributed by atoms with Crippen molar-refractivity contribution < 1.29 is 9.47 Å². The van der Waals surface area contributed by atoms with Crippen LogP contribution in [0.25, 0.3) is 0 Å². The van der Waals surface area contributed by atoms with Gasteiger partial charge in [0, 0.05) is 19.2 Å². The normalized spacial score (nSPS) is 11.5. The minimum atomic E-state index is 0.104. The van der Waals surface area contributed by atoms with Crippen molar-refractivity contribution in [2.45, 2.75) is 32.9 Å². The lowest BCUT2D eigenvalue weighted by molar-refractivity contribution is 0.0508. The second-order valence-corrected chi connectivity index (χ2v) is 4.64. The largest absolute Gasteiger partial charge is 0.466 e. The third-order valence-corrected chi connectivity index (χ3v) is 1.94. The third kappa shape index (κ3) is 5.09. The first kappa shape index (κ1) is 12.9. The Morgan fingerprint density at radius 3 is 2.56 bits per heavy atom. The Morgan fingerprint density at radius 1 is 1.31 bits per heavy atom. The van der Waals surface area contributed by atoms with Gasteiger partial charge in [0.05, 0.1) is 11.9 Å². The van der Waals surface area contributed by atoms with Gasteiger partial charge in [-0.2, -0.15) is 0 Å². The van der Waals surface area contributed by atoms with E-state index in [0.29, 0.717) is 0 Å². The first-order valence-corrected chi connectivity index (χ1v) is 5.33. The van der Waals surface area contributed by atoms with E-state index < -0.39 is 0 Å². The Balaban J connectivity index is 2.45. The van der Waals surface area contributed by atoms with Crippen LogP contribution in [0.4, 0.5) is 0 Å². The Labute approximate surface area is 97.0 Å². The van der Waals surface area contributed by atoms with Crippen LogP contribution in [0.5, 0.6) is 5.75 Å². The summed E-state index contributed by atoms with van der Waals surface area (Å²) in [7, 11) is 1.59. The lowest BCUT2D eigenvalue weighted by atomic mass is 10.1. The van der Waals surface area contributed by atoms with Crippen molar-refractivity contribution in [3.05, 3.63) is 24.0 Å². The lowest BCUT2D eigenvalue weighted by Crippen LogP contribution is -2.35. The van der Waals surface area contributed by atoms with E-state index in [9.17, 15) is 0 Å². The number of nitrogens with one attached hydrogen (secondary N) is 1. The molecule has 0 saturated carbocycles. The highest BCUT2D eigenvalue weighted by atomic mass is 16.7. The van der Waals surface area contributed by atoms with Gasteiger partial charge in [0.15, 0.2) is 6.79 Å². The molecule has 1 rings (SSSR count). The maximum Gasteiger partial charge on any atom is 0.188 e. The number of aromatic nitrogens is 1. The van der Waals surface area contributed by atoms with Crippen LogP contribution in [0, 0.1) is 0 Å². The molecule has 4 nitrogen and oxygen atoms in total. The van der Waals surface area contributed by atoms with Crippen molar-refractivity contribution in [1.82, 2.24) is 10.3 Å². The Hall–Kier alpha value is -1.13. The number of nitrogens with zero attached hydrogens (tertiary/aromatic N) is 1. The van der Waals surface area contributed by atoms with E-state index in [1.807, 2.05) is 12.1 Å². The van der Waals surface area contributed by atoms with Gasteiger partial charge in [-0.1, -0.05) is 0 Å². The van der Waals surface area contributed by atoms with E-state index in [1.54, 1.807) is 13.3 Å². The summed E-state index contributed by atoms with van der Waals surface area (Å²) in [5.41, 5.74) is 1.10. The van der Waals surface area contributed by atoms with E-state index in [0.717, 1.165) is 18.0 Å². The van der Waals surface area contributed by atoms with E-state index in [-0.39, 0.29) is 12.3 Å². The van der Waals surface area contributed by atoms with Crippen LogP contribution < -0.4 is 10.1 Å². The summed E-state index contributed by atoms with van der Waals surface area (Å²) in [6.07, 6.45) is 1.71. The summed E-state index contributed by atoms with van der Waals surface area (Å²) in [5.74, 6) is 0.723. The van der Waals surface area contributed by atoms with Crippen LogP contribution in [0.15, 0.2) is 18.3 Å². The van der Waals surface area contributed by atoms with E-state index in [1.165, 1.54) is 0 Å². The molecule has 0 aliphatic heterocycles. The maximum absolute atomic E-state index is 5.25. The molecule has 0 unspecified atom stereocenters. The van der Waals surface area contributed by atoms with Gasteiger partial charge in [-0.05, 0) is 32.9 Å². The summed E-state index contributed by atoms with van der Waals surface area (Å²) >= 11 is 0. The molecule has 0 radical (unpaired) electrons. The van der Waals surface area contributed by atoms with Crippen molar-refractivity contribution in [2.24, 2.45) is 0 Å². The van der Waals surface area contributed by atoms with Crippen molar-refractivity contribution in [2.75, 3.05) is 13.9 Å². The predicted molar refractivity (Wildman–Crippen MR) is 63.3 cm³/mol. The number of rotatable bonds is 5. The summed E-state index contributed by atoms with van der Waals surface area (Å²) in [5, 5.41) is 3.37. The van der Waals surface area contributed by atoms with Crippen molar-refractivity contribution >= 4 is 0 Å². The summed E-state index contributed by atoms with van der Waals surface area (Å²) < 4.78 is 10.1. The molecular formula is C12H20N2O2. The Morgan fingerprint density at radius 2 is 2.06 bits per heavy atom. The van der Waals surface area contributed by atoms with Gasteiger partial charge < -0.3 is 14.8 Å². The number of ether oxygens (including phenoxy) is 2. The monoisotopic (exact) mass is 224 g/mol. The van der Waals surface area contributed by atoms with Gasteiger partial charge in [0.25, 0.3) is 0 Å². The van der Waals surface area contributed by atoms with Gasteiger partial charge in [0.1, 0.15) is 5.75 Å². The first-order chi connectivity index (χ1) is 7.51. The molecule has 1 N–H and O–H groups in total. The van der Waals surface area contributed by atoms with Gasteiger partial charge in [-0.25, -0.2) is 0 Å². The molecule has 0 saturated heterocycles. The highest BCUT2D eigenvalue weighted by Gasteiger charge is 2.08. The quantitative estimate of drug-likeness (QED) is 0.776. The highest BCUT2D eigenvalue weighted by Crippen LogP contribution is 2.09. The molecule has 0 atom stereocenters. The fraction of sp³-hybridized carbons (Fsp3) is 0.583. The van der Waals surface area contributed by atoms with Gasteiger partial charge >= 0.3 is 0 Å². The molecule has 0 fully saturated rings. The molecule has 1 aromatic heterocycles. The van der Waals surface area contributed by atoms with Crippen LogP contribution in [0.2, 0.25) is 0 Å². The average Bonchev–Trinajstić information content (AvgIpc) is 2.24. The van der Waals surface area contributed by atoms with Crippen LogP contribution in [0.3, 0.4) is 0 Å². The summed E-state index contributed by atoms with van der Waals surface area (Å²) in [6.45, 7) is 7.39. The van der Waals surface area contributed by atoms with Crippen molar-refractivity contribution in [3.63, 3.8) is 0 Å². The Kier molecular flexibility index (Phi) is 4.71. The molecule has 4 heteroatoms. The van der Waals surface area contributed by atoms with Crippen LogP contribution in [-0.4, -0.2) is 24.4 Å².